The summed E-state index contributed by atoms with van der Waals surface area (Å²) in [7, 11) is 2.10. The Morgan fingerprint density at radius 1 is 1.26 bits per heavy atom. The average Bonchev–Trinajstić information content (AvgIpc) is 3.65. The molecule has 0 bridgehead atoms. The number of anilines is 2. The van der Waals surface area contributed by atoms with Crippen LogP contribution in [0.3, 0.4) is 0 Å². The molecule has 0 saturated carbocycles. The zero-order valence-electron chi connectivity index (χ0n) is 21.8. The first kappa shape index (κ1) is 24.5. The lowest BCUT2D eigenvalue weighted by Crippen LogP contribution is -2.27. The predicted molar refractivity (Wildman–Crippen MR) is 144 cm³/mol. The third-order valence-corrected chi connectivity index (χ3v) is 7.64. The first-order valence-electron chi connectivity index (χ1n) is 13.0. The number of nitrogens with one attached hydrogen (secondary N) is 2. The molecule has 1 amide bonds. The van der Waals surface area contributed by atoms with Crippen LogP contribution in [0.1, 0.15) is 53.4 Å². The van der Waals surface area contributed by atoms with Gasteiger partial charge in [-0.3, -0.25) is 14.1 Å². The van der Waals surface area contributed by atoms with E-state index in [-0.39, 0.29) is 11.7 Å². The number of aromatic nitrogens is 3. The highest BCUT2D eigenvalue weighted by Gasteiger charge is 2.28. The summed E-state index contributed by atoms with van der Waals surface area (Å²) in [5.74, 6) is 0.568. The standard InChI is InChI=1S/C29H31FN6O2/c1-17(2)35(3)15-24-20(18-9-11-38-16-18)5-7-26(34-24)33-23-6-4-21(22-13-32-29(37)28(22)23)25-14-31-27-12-19(30)8-10-36(25)27/h4-8,10,12,14,17-18H,9,11,13,15-16H2,1-3H3,(H,32,37)(H,33,34)/t18-/m0/s1. The maximum absolute atomic E-state index is 13.7. The first-order chi connectivity index (χ1) is 18.4. The molecule has 38 heavy (non-hydrogen) atoms. The number of carbonyl (C=O) groups is 1. The van der Waals surface area contributed by atoms with Crippen LogP contribution in [0, 0.1) is 5.82 Å². The average molecular weight is 515 g/mol. The van der Waals surface area contributed by atoms with Gasteiger partial charge in [0.1, 0.15) is 17.3 Å². The fourth-order valence-electron chi connectivity index (χ4n) is 5.26. The molecule has 0 spiro atoms. The highest BCUT2D eigenvalue weighted by Crippen LogP contribution is 2.36. The molecule has 2 N–H and O–H groups in total. The van der Waals surface area contributed by atoms with Gasteiger partial charge in [-0.05, 0) is 56.6 Å². The molecule has 0 unspecified atom stereocenters. The second kappa shape index (κ2) is 9.81. The maximum Gasteiger partial charge on any atom is 0.254 e. The van der Waals surface area contributed by atoms with Crippen molar-refractivity contribution in [1.82, 2.24) is 24.6 Å². The number of benzene rings is 1. The Balaban J connectivity index is 1.37. The molecule has 2 aliphatic rings. The van der Waals surface area contributed by atoms with Crippen LogP contribution in [0.5, 0.6) is 0 Å². The Morgan fingerprint density at radius 3 is 2.92 bits per heavy atom. The molecule has 1 fully saturated rings. The van der Waals surface area contributed by atoms with E-state index in [0.29, 0.717) is 41.2 Å². The number of hydrogen-bond acceptors (Lipinski definition) is 6. The molecule has 5 heterocycles. The van der Waals surface area contributed by atoms with Crippen LogP contribution in [0.4, 0.5) is 15.9 Å². The zero-order chi connectivity index (χ0) is 26.4. The molecule has 2 aliphatic heterocycles. The zero-order valence-corrected chi connectivity index (χ0v) is 21.8. The summed E-state index contributed by atoms with van der Waals surface area (Å²) in [6, 6.07) is 11.2. The van der Waals surface area contributed by atoms with E-state index in [0.717, 1.165) is 48.7 Å². The largest absolute Gasteiger partial charge is 0.381 e. The van der Waals surface area contributed by atoms with Gasteiger partial charge in [-0.15, -0.1) is 0 Å². The summed E-state index contributed by atoms with van der Waals surface area (Å²) in [6.45, 7) is 6.97. The van der Waals surface area contributed by atoms with Gasteiger partial charge in [-0.2, -0.15) is 0 Å². The van der Waals surface area contributed by atoms with Crippen molar-refractivity contribution in [3.63, 3.8) is 0 Å². The summed E-state index contributed by atoms with van der Waals surface area (Å²) in [5, 5.41) is 6.38. The van der Waals surface area contributed by atoms with Crippen LogP contribution < -0.4 is 10.6 Å². The normalized spacial score (nSPS) is 17.0. The van der Waals surface area contributed by atoms with Gasteiger partial charge in [0.15, 0.2) is 0 Å². The fraction of sp³-hybridized carbons (Fsp3) is 0.345. The van der Waals surface area contributed by atoms with E-state index < -0.39 is 0 Å². The monoisotopic (exact) mass is 514 g/mol. The van der Waals surface area contributed by atoms with Gasteiger partial charge < -0.3 is 15.4 Å². The van der Waals surface area contributed by atoms with Crippen LogP contribution in [-0.4, -0.2) is 51.5 Å². The lowest BCUT2D eigenvalue weighted by Gasteiger charge is -2.24. The van der Waals surface area contributed by atoms with Gasteiger partial charge in [-0.1, -0.05) is 12.1 Å². The topological polar surface area (TPSA) is 83.8 Å². The number of fused-ring (bicyclic) bond motifs is 2. The second-order valence-corrected chi connectivity index (χ2v) is 10.3. The van der Waals surface area contributed by atoms with Gasteiger partial charge in [0, 0.05) is 49.5 Å². The molecule has 1 aromatic carbocycles. The quantitative estimate of drug-likeness (QED) is 0.366. The number of hydrogen-bond donors (Lipinski definition) is 2. The Morgan fingerprint density at radius 2 is 2.13 bits per heavy atom. The molecule has 3 aromatic heterocycles. The Hall–Kier alpha value is -3.82. The summed E-state index contributed by atoms with van der Waals surface area (Å²) < 4.78 is 21.2. The predicted octanol–water partition coefficient (Wildman–Crippen LogP) is 4.87. The van der Waals surface area contributed by atoms with E-state index in [2.05, 4.69) is 47.5 Å². The Labute approximate surface area is 220 Å². The highest BCUT2D eigenvalue weighted by atomic mass is 19.1. The van der Waals surface area contributed by atoms with Crippen LogP contribution in [0.25, 0.3) is 16.9 Å². The second-order valence-electron chi connectivity index (χ2n) is 10.3. The molecular formula is C29H31FN6O2. The third-order valence-electron chi connectivity index (χ3n) is 7.64. The minimum Gasteiger partial charge on any atom is -0.381 e. The minimum absolute atomic E-state index is 0.135. The molecule has 9 heteroatoms. The first-order valence-corrected chi connectivity index (χ1v) is 13.0. The summed E-state index contributed by atoms with van der Waals surface area (Å²) in [5.41, 5.74) is 6.63. The van der Waals surface area contributed by atoms with Crippen molar-refractivity contribution < 1.29 is 13.9 Å². The van der Waals surface area contributed by atoms with Crippen molar-refractivity contribution in [1.29, 1.82) is 0 Å². The Kier molecular flexibility index (Phi) is 6.33. The molecule has 196 valence electrons. The number of nitrogens with zero attached hydrogens (tertiary/aromatic N) is 4. The van der Waals surface area contributed by atoms with E-state index in [4.69, 9.17) is 9.72 Å². The SMILES string of the molecule is CC(C)N(C)Cc1nc(Nc2ccc(-c3cnc4cc(F)ccn34)c3c2C(=O)NC3)ccc1[C@H]1CCOC1. The van der Waals surface area contributed by atoms with Crippen molar-refractivity contribution in [3.05, 3.63) is 77.0 Å². The van der Waals surface area contributed by atoms with Crippen molar-refractivity contribution in [2.24, 2.45) is 0 Å². The number of halogens is 1. The summed E-state index contributed by atoms with van der Waals surface area (Å²) in [6.07, 6.45) is 4.37. The van der Waals surface area contributed by atoms with E-state index in [1.165, 1.54) is 17.7 Å². The summed E-state index contributed by atoms with van der Waals surface area (Å²) in [4.78, 5) is 24.6. The highest BCUT2D eigenvalue weighted by molar-refractivity contribution is 6.06. The van der Waals surface area contributed by atoms with Gasteiger partial charge >= 0.3 is 0 Å². The van der Waals surface area contributed by atoms with Gasteiger partial charge in [0.2, 0.25) is 0 Å². The smallest absolute Gasteiger partial charge is 0.254 e. The van der Waals surface area contributed by atoms with Gasteiger partial charge in [-0.25, -0.2) is 14.4 Å². The minimum atomic E-state index is -0.339. The van der Waals surface area contributed by atoms with E-state index >= 15 is 0 Å². The van der Waals surface area contributed by atoms with E-state index in [1.54, 1.807) is 12.4 Å². The molecule has 8 nitrogen and oxygen atoms in total. The van der Waals surface area contributed by atoms with Gasteiger partial charge in [0.05, 0.1) is 35.4 Å². The van der Waals surface area contributed by atoms with Crippen molar-refractivity contribution >= 4 is 23.1 Å². The maximum atomic E-state index is 13.7. The number of rotatable bonds is 7. The summed E-state index contributed by atoms with van der Waals surface area (Å²) >= 11 is 0. The molecule has 0 radical (unpaired) electrons. The van der Waals surface area contributed by atoms with Crippen LogP contribution >= 0.6 is 0 Å². The van der Waals surface area contributed by atoms with E-state index in [1.807, 2.05) is 22.6 Å². The van der Waals surface area contributed by atoms with Gasteiger partial charge in [0.25, 0.3) is 5.91 Å². The molecule has 6 rings (SSSR count). The molecule has 0 aliphatic carbocycles. The number of carbonyl (C=O) groups excluding carboxylic acids is 1. The fourth-order valence-corrected chi connectivity index (χ4v) is 5.26. The van der Waals surface area contributed by atoms with Crippen LogP contribution in [-0.2, 0) is 17.8 Å². The molecular weight excluding hydrogens is 483 g/mol. The number of imidazole rings is 1. The van der Waals surface area contributed by atoms with Crippen LogP contribution in [0.15, 0.2) is 48.8 Å². The van der Waals surface area contributed by atoms with Crippen LogP contribution in [0.2, 0.25) is 0 Å². The number of pyridine rings is 2. The Bertz CT molecular complexity index is 1530. The lowest BCUT2D eigenvalue weighted by molar-refractivity contribution is 0.0966. The third kappa shape index (κ3) is 4.41. The van der Waals surface area contributed by atoms with Crippen molar-refractivity contribution in [2.45, 2.75) is 45.3 Å². The number of ether oxygens (including phenoxy) is 1. The van der Waals surface area contributed by atoms with Crippen molar-refractivity contribution in [3.8, 4) is 11.3 Å². The van der Waals surface area contributed by atoms with E-state index in [9.17, 15) is 9.18 Å². The number of amides is 1. The van der Waals surface area contributed by atoms with Crippen molar-refractivity contribution in [2.75, 3.05) is 25.6 Å². The molecule has 1 atom stereocenters. The molecule has 4 aromatic rings. The molecule has 1 saturated heterocycles. The lowest BCUT2D eigenvalue weighted by atomic mass is 9.96.